The van der Waals surface area contributed by atoms with Crippen molar-refractivity contribution in [2.75, 3.05) is 19.8 Å². The van der Waals surface area contributed by atoms with Crippen LogP contribution >= 0.6 is 0 Å². The van der Waals surface area contributed by atoms with Gasteiger partial charge in [0.1, 0.15) is 6.61 Å². The van der Waals surface area contributed by atoms with E-state index in [-0.39, 0.29) is 18.8 Å². The van der Waals surface area contributed by atoms with Crippen LogP contribution in [0.1, 0.15) is 29.4 Å². The van der Waals surface area contributed by atoms with Gasteiger partial charge in [0, 0.05) is 19.6 Å². The minimum Gasteiger partial charge on any atom is -0.372 e. The molecule has 1 aliphatic rings. The highest BCUT2D eigenvalue weighted by Crippen LogP contribution is 2.32. The minimum absolute atomic E-state index is 0.0203. The number of nitrogens with one attached hydrogen (secondary N) is 1. The summed E-state index contributed by atoms with van der Waals surface area (Å²) in [6, 6.07) is 8.63. The molecule has 0 radical (unpaired) electrons. The third-order valence-corrected chi connectivity index (χ3v) is 4.59. The summed E-state index contributed by atoms with van der Waals surface area (Å²) < 4.78 is 34.1. The summed E-state index contributed by atoms with van der Waals surface area (Å²) in [4.78, 5) is 25.5. The predicted molar refractivity (Wildman–Crippen MR) is 99.2 cm³/mol. The summed E-state index contributed by atoms with van der Waals surface area (Å²) in [6.45, 7) is 1.51. The second kappa shape index (κ2) is 9.08. The van der Waals surface area contributed by atoms with Gasteiger partial charge in [0.15, 0.2) is 5.69 Å². The van der Waals surface area contributed by atoms with Crippen molar-refractivity contribution in [2.45, 2.75) is 38.4 Å². The van der Waals surface area contributed by atoms with Crippen LogP contribution in [0.5, 0.6) is 0 Å². The Bertz CT molecular complexity index is 843. The number of hydrogen-bond acceptors (Lipinski definition) is 5. The van der Waals surface area contributed by atoms with Crippen LogP contribution in [0.3, 0.4) is 0 Å². The average Bonchev–Trinajstić information content (AvgIpc) is 3.29. The Balaban J connectivity index is 1.60. The molecule has 29 heavy (non-hydrogen) atoms. The number of likely N-dealkylation sites (tertiary alicyclic amines) is 1. The van der Waals surface area contributed by atoms with Crippen molar-refractivity contribution >= 4 is 11.8 Å². The third kappa shape index (κ3) is 5.57. The molecule has 1 fully saturated rings. The van der Waals surface area contributed by atoms with Gasteiger partial charge >= 0.3 is 0 Å². The normalized spacial score (nSPS) is 18.0. The number of ether oxygens (including phenoxy) is 1. The molecule has 1 aromatic carbocycles. The standard InChI is InChI=1S/C19H23F2N5O3/c1-2-29-12-17(27)26-13-19(20,21)8-15(26)10-25-11-16(23-24-25)18(28)22-9-14-6-4-3-5-7-14/h3-7,11,15H,2,8-10,12-13H2,1H3,(H,22,28). The van der Waals surface area contributed by atoms with E-state index in [4.69, 9.17) is 4.74 Å². The number of nitrogens with zero attached hydrogens (tertiary/aromatic N) is 4. The van der Waals surface area contributed by atoms with Crippen molar-refractivity contribution in [1.82, 2.24) is 25.2 Å². The number of benzene rings is 1. The van der Waals surface area contributed by atoms with E-state index in [1.165, 1.54) is 10.9 Å². The summed E-state index contributed by atoms with van der Waals surface area (Å²) in [5, 5.41) is 10.4. The largest absolute Gasteiger partial charge is 0.372 e. The molecule has 10 heteroatoms. The van der Waals surface area contributed by atoms with Crippen molar-refractivity contribution in [2.24, 2.45) is 0 Å². The van der Waals surface area contributed by atoms with E-state index in [1.807, 2.05) is 30.3 Å². The van der Waals surface area contributed by atoms with Crippen LogP contribution in [0, 0.1) is 0 Å². The molecule has 1 atom stereocenters. The first-order chi connectivity index (χ1) is 13.9. The second-order valence-electron chi connectivity index (χ2n) is 6.87. The number of amides is 2. The quantitative estimate of drug-likeness (QED) is 0.716. The molecule has 0 saturated carbocycles. The smallest absolute Gasteiger partial charge is 0.273 e. The first kappa shape index (κ1) is 20.8. The highest BCUT2D eigenvalue weighted by Gasteiger charge is 2.47. The van der Waals surface area contributed by atoms with Crippen LogP contribution in [-0.2, 0) is 22.6 Å². The van der Waals surface area contributed by atoms with Crippen LogP contribution in [0.25, 0.3) is 0 Å². The van der Waals surface area contributed by atoms with Crippen LogP contribution in [0.4, 0.5) is 8.78 Å². The first-order valence-electron chi connectivity index (χ1n) is 9.35. The molecule has 3 rings (SSSR count). The topological polar surface area (TPSA) is 89.4 Å². The summed E-state index contributed by atoms with van der Waals surface area (Å²) in [5.74, 6) is -3.88. The van der Waals surface area contributed by atoms with Gasteiger partial charge in [-0.2, -0.15) is 0 Å². The van der Waals surface area contributed by atoms with Crippen molar-refractivity contribution in [3.8, 4) is 0 Å². The molecule has 2 amide bonds. The van der Waals surface area contributed by atoms with Crippen molar-refractivity contribution < 1.29 is 23.1 Å². The molecule has 1 aliphatic heterocycles. The van der Waals surface area contributed by atoms with Crippen molar-refractivity contribution in [3.63, 3.8) is 0 Å². The highest BCUT2D eigenvalue weighted by molar-refractivity contribution is 5.91. The van der Waals surface area contributed by atoms with E-state index in [9.17, 15) is 18.4 Å². The van der Waals surface area contributed by atoms with Gasteiger partial charge in [-0.15, -0.1) is 5.10 Å². The van der Waals surface area contributed by atoms with E-state index < -0.39 is 36.7 Å². The zero-order valence-corrected chi connectivity index (χ0v) is 16.1. The van der Waals surface area contributed by atoms with E-state index in [1.54, 1.807) is 6.92 Å². The average molecular weight is 407 g/mol. The maximum atomic E-state index is 13.9. The Kier molecular flexibility index (Phi) is 6.53. The molecule has 0 aliphatic carbocycles. The number of alkyl halides is 2. The van der Waals surface area contributed by atoms with Crippen molar-refractivity contribution in [1.29, 1.82) is 0 Å². The molecule has 0 spiro atoms. The van der Waals surface area contributed by atoms with Crippen LogP contribution in [0.15, 0.2) is 36.5 Å². The summed E-state index contributed by atoms with van der Waals surface area (Å²) in [5.41, 5.74) is 1.02. The Morgan fingerprint density at radius 3 is 2.79 bits per heavy atom. The molecule has 0 bridgehead atoms. The zero-order chi connectivity index (χ0) is 20.9. The molecule has 8 nitrogen and oxygen atoms in total. The Morgan fingerprint density at radius 1 is 1.31 bits per heavy atom. The van der Waals surface area contributed by atoms with E-state index >= 15 is 0 Å². The fourth-order valence-corrected chi connectivity index (χ4v) is 3.20. The Hall–Kier alpha value is -2.88. The number of carbonyl (C=O) groups is 2. The number of hydrogen-bond donors (Lipinski definition) is 1. The monoisotopic (exact) mass is 407 g/mol. The lowest BCUT2D eigenvalue weighted by molar-refractivity contribution is -0.138. The van der Waals surface area contributed by atoms with Gasteiger partial charge in [-0.05, 0) is 12.5 Å². The lowest BCUT2D eigenvalue weighted by Crippen LogP contribution is -2.40. The fourth-order valence-electron chi connectivity index (χ4n) is 3.20. The summed E-state index contributed by atoms with van der Waals surface area (Å²) >= 11 is 0. The van der Waals surface area contributed by atoms with Gasteiger partial charge in [-0.25, -0.2) is 13.5 Å². The van der Waals surface area contributed by atoms with Crippen LogP contribution in [-0.4, -0.2) is 63.4 Å². The first-order valence-corrected chi connectivity index (χ1v) is 9.35. The number of carbonyl (C=O) groups excluding carboxylic acids is 2. The van der Waals surface area contributed by atoms with E-state index in [0.29, 0.717) is 13.2 Å². The number of rotatable bonds is 8. The summed E-state index contributed by atoms with van der Waals surface area (Å²) in [6.07, 6.45) is 0.919. The van der Waals surface area contributed by atoms with Gasteiger partial charge in [0.05, 0.1) is 25.3 Å². The van der Waals surface area contributed by atoms with Crippen LogP contribution in [0.2, 0.25) is 0 Å². The maximum Gasteiger partial charge on any atom is 0.273 e. The SMILES string of the molecule is CCOCC(=O)N1CC(F)(F)CC1Cn1cc(C(=O)NCc2ccccc2)nn1. The fraction of sp³-hybridized carbons (Fsp3) is 0.474. The summed E-state index contributed by atoms with van der Waals surface area (Å²) in [7, 11) is 0. The van der Waals surface area contributed by atoms with Crippen LogP contribution < -0.4 is 5.32 Å². The lowest BCUT2D eigenvalue weighted by atomic mass is 10.2. The van der Waals surface area contributed by atoms with Gasteiger partial charge < -0.3 is 15.0 Å². The second-order valence-corrected chi connectivity index (χ2v) is 6.87. The molecule has 2 aromatic rings. The molecular formula is C19H23F2N5O3. The Labute approximate surface area is 166 Å². The Morgan fingerprint density at radius 2 is 2.07 bits per heavy atom. The maximum absolute atomic E-state index is 13.9. The molecule has 156 valence electrons. The zero-order valence-electron chi connectivity index (χ0n) is 16.1. The van der Waals surface area contributed by atoms with Gasteiger partial charge in [0.25, 0.3) is 11.8 Å². The lowest BCUT2D eigenvalue weighted by Gasteiger charge is -2.23. The molecule has 1 N–H and O–H groups in total. The third-order valence-electron chi connectivity index (χ3n) is 4.59. The van der Waals surface area contributed by atoms with Crippen molar-refractivity contribution in [3.05, 3.63) is 47.8 Å². The van der Waals surface area contributed by atoms with Gasteiger partial charge in [0.2, 0.25) is 5.91 Å². The van der Waals surface area contributed by atoms with Gasteiger partial charge in [-0.3, -0.25) is 9.59 Å². The number of aromatic nitrogens is 3. The molecule has 1 unspecified atom stereocenters. The molecule has 1 saturated heterocycles. The number of halogens is 2. The van der Waals surface area contributed by atoms with E-state index in [2.05, 4.69) is 15.6 Å². The molecule has 1 aromatic heterocycles. The predicted octanol–water partition coefficient (Wildman–Crippen LogP) is 1.48. The molecular weight excluding hydrogens is 384 g/mol. The molecule has 2 heterocycles. The minimum atomic E-state index is -2.97. The van der Waals surface area contributed by atoms with Gasteiger partial charge in [-0.1, -0.05) is 35.5 Å². The van der Waals surface area contributed by atoms with E-state index in [0.717, 1.165) is 10.5 Å². The highest BCUT2D eigenvalue weighted by atomic mass is 19.3.